The predicted octanol–water partition coefficient (Wildman–Crippen LogP) is 1.00. The lowest BCUT2D eigenvalue weighted by atomic mass is 10.3. The first-order valence-electron chi connectivity index (χ1n) is 4.15. The molecule has 5 N–H and O–H groups in total. The predicted molar refractivity (Wildman–Crippen MR) is 63.0 cm³/mol. The molecule has 1 rings (SSSR count). The van der Waals surface area contributed by atoms with E-state index in [4.69, 9.17) is 39.6 Å². The van der Waals surface area contributed by atoms with Crippen molar-refractivity contribution in [2.75, 3.05) is 0 Å². The third kappa shape index (κ3) is 2.94. The van der Waals surface area contributed by atoms with Crippen molar-refractivity contribution in [2.24, 2.45) is 10.8 Å². The molecular formula is C9H8Cl2N5+. The second-order valence-electron chi connectivity index (χ2n) is 2.77. The van der Waals surface area contributed by atoms with Crippen LogP contribution in [0.4, 0.5) is 5.69 Å². The molecule has 16 heavy (non-hydrogen) atoms. The first kappa shape index (κ1) is 12.5. The van der Waals surface area contributed by atoms with Gasteiger partial charge in [0.15, 0.2) is 11.5 Å². The Bertz CT molecular complexity index is 469. The average molecular weight is 257 g/mol. The summed E-state index contributed by atoms with van der Waals surface area (Å²) in [6.45, 7) is 0. The largest absolute Gasteiger partial charge is 0.382 e. The highest BCUT2D eigenvalue weighted by molar-refractivity contribution is 6.45. The van der Waals surface area contributed by atoms with Crippen LogP contribution in [0.3, 0.4) is 0 Å². The number of nitriles is 1. The van der Waals surface area contributed by atoms with Gasteiger partial charge < -0.3 is 5.73 Å². The molecule has 0 bridgehead atoms. The maximum atomic E-state index is 8.63. The van der Waals surface area contributed by atoms with E-state index in [1.807, 2.05) is 0 Å². The number of nitrogens with one attached hydrogen (secondary N) is 1. The molecule has 0 radical (unpaired) electrons. The van der Waals surface area contributed by atoms with Gasteiger partial charge in [-0.05, 0) is 12.1 Å². The van der Waals surface area contributed by atoms with Crippen molar-refractivity contribution in [3.8, 4) is 6.07 Å². The van der Waals surface area contributed by atoms with E-state index >= 15 is 0 Å². The second-order valence-corrected chi connectivity index (χ2v) is 3.58. The molecular weight excluding hydrogens is 249 g/mol. The molecule has 0 atom stereocenters. The van der Waals surface area contributed by atoms with Gasteiger partial charge in [-0.1, -0.05) is 34.4 Å². The van der Waals surface area contributed by atoms with E-state index in [1.165, 1.54) is 5.43 Å². The third-order valence-corrected chi connectivity index (χ3v) is 2.34. The Kier molecular flexibility index (Phi) is 4.26. The SMILES string of the molecule is N#C/C(=N/[NH2+]c1c(Cl)cccc1Cl)C(=N)N. The molecule has 0 fully saturated rings. The number of halogens is 2. The maximum absolute atomic E-state index is 8.63. The average Bonchev–Trinajstić information content (AvgIpc) is 2.22. The number of amidine groups is 1. The Morgan fingerprint density at radius 3 is 2.44 bits per heavy atom. The Labute approximate surface area is 102 Å². The molecule has 0 unspecified atom stereocenters. The van der Waals surface area contributed by atoms with Gasteiger partial charge in [0.05, 0.1) is 0 Å². The lowest BCUT2D eigenvalue weighted by molar-refractivity contribution is -0.577. The van der Waals surface area contributed by atoms with Crippen LogP contribution in [0.15, 0.2) is 23.3 Å². The molecule has 0 saturated heterocycles. The van der Waals surface area contributed by atoms with Gasteiger partial charge in [-0.3, -0.25) is 5.41 Å². The number of rotatable bonds is 3. The number of quaternary nitrogens is 1. The van der Waals surface area contributed by atoms with E-state index < -0.39 is 5.84 Å². The van der Waals surface area contributed by atoms with Crippen LogP contribution in [-0.2, 0) is 0 Å². The van der Waals surface area contributed by atoms with Gasteiger partial charge in [0.25, 0.3) is 0 Å². The van der Waals surface area contributed by atoms with Crippen LogP contribution in [0.5, 0.6) is 0 Å². The summed E-state index contributed by atoms with van der Waals surface area (Å²) in [5, 5.41) is 20.3. The second kappa shape index (κ2) is 5.47. The fourth-order valence-corrected chi connectivity index (χ4v) is 1.42. The standard InChI is InChI=1S/C9H7Cl2N5/c10-5-2-1-3-6(11)8(5)16-15-7(4-12)9(13)14/h1-3,16H,(H3,13,14)/p+1/b15-7-. The van der Waals surface area contributed by atoms with Crippen LogP contribution in [0.25, 0.3) is 0 Å². The van der Waals surface area contributed by atoms with Gasteiger partial charge >= 0.3 is 0 Å². The number of hydrogen-bond acceptors (Lipinski definition) is 3. The zero-order chi connectivity index (χ0) is 12.1. The van der Waals surface area contributed by atoms with Gasteiger partial charge in [0, 0.05) is 0 Å². The van der Waals surface area contributed by atoms with E-state index in [-0.39, 0.29) is 5.71 Å². The van der Waals surface area contributed by atoms with Crippen molar-refractivity contribution in [1.82, 2.24) is 0 Å². The van der Waals surface area contributed by atoms with Crippen molar-refractivity contribution >= 4 is 40.4 Å². The van der Waals surface area contributed by atoms with Crippen molar-refractivity contribution < 1.29 is 5.43 Å². The molecule has 82 valence electrons. The fourth-order valence-electron chi connectivity index (χ4n) is 0.922. The highest BCUT2D eigenvalue weighted by Gasteiger charge is 2.10. The third-order valence-electron chi connectivity index (χ3n) is 1.68. The highest BCUT2D eigenvalue weighted by Crippen LogP contribution is 2.25. The zero-order valence-corrected chi connectivity index (χ0v) is 9.55. The molecule has 1 aromatic carbocycles. The van der Waals surface area contributed by atoms with Crippen LogP contribution in [0.1, 0.15) is 0 Å². The molecule has 0 spiro atoms. The summed E-state index contributed by atoms with van der Waals surface area (Å²) in [6.07, 6.45) is 0. The van der Waals surface area contributed by atoms with Crippen LogP contribution in [-0.4, -0.2) is 11.5 Å². The molecule has 0 amide bonds. The van der Waals surface area contributed by atoms with Crippen LogP contribution >= 0.6 is 23.2 Å². The van der Waals surface area contributed by atoms with E-state index in [0.29, 0.717) is 15.7 Å². The maximum Gasteiger partial charge on any atom is 0.237 e. The number of hydrogen-bond donors (Lipinski definition) is 3. The van der Waals surface area contributed by atoms with Crippen molar-refractivity contribution in [1.29, 1.82) is 10.7 Å². The minimum Gasteiger partial charge on any atom is -0.382 e. The number of nitrogens with zero attached hydrogens (tertiary/aromatic N) is 2. The number of nitrogens with two attached hydrogens (primary N) is 2. The Morgan fingerprint density at radius 2 is 2.00 bits per heavy atom. The van der Waals surface area contributed by atoms with E-state index in [0.717, 1.165) is 0 Å². The minimum absolute atomic E-state index is 0.184. The Hall–Kier alpha value is -1.61. The molecule has 0 saturated carbocycles. The smallest absolute Gasteiger partial charge is 0.237 e. The van der Waals surface area contributed by atoms with Crippen LogP contribution < -0.4 is 11.2 Å². The Balaban J connectivity index is 2.99. The molecule has 0 aliphatic carbocycles. The summed E-state index contributed by atoms with van der Waals surface area (Å²) < 4.78 is 0. The Morgan fingerprint density at radius 1 is 1.44 bits per heavy atom. The molecule has 0 aliphatic rings. The first-order valence-corrected chi connectivity index (χ1v) is 4.91. The quantitative estimate of drug-likeness (QED) is 0.247. The van der Waals surface area contributed by atoms with Gasteiger partial charge in [-0.15, -0.1) is 0 Å². The van der Waals surface area contributed by atoms with Crippen molar-refractivity contribution in [3.63, 3.8) is 0 Å². The summed E-state index contributed by atoms with van der Waals surface area (Å²) in [5.74, 6) is -0.401. The zero-order valence-electron chi connectivity index (χ0n) is 8.04. The summed E-state index contributed by atoms with van der Waals surface area (Å²) in [6, 6.07) is 6.68. The molecule has 1 aromatic rings. The van der Waals surface area contributed by atoms with E-state index in [2.05, 4.69) is 5.10 Å². The fraction of sp³-hybridized carbons (Fsp3) is 0. The molecule has 0 aromatic heterocycles. The van der Waals surface area contributed by atoms with Gasteiger partial charge in [0.1, 0.15) is 16.1 Å². The number of benzene rings is 1. The van der Waals surface area contributed by atoms with E-state index in [9.17, 15) is 0 Å². The topological polar surface area (TPSA) is 103 Å². The van der Waals surface area contributed by atoms with Gasteiger partial charge in [0.2, 0.25) is 5.71 Å². The molecule has 0 aliphatic heterocycles. The molecule has 7 heteroatoms. The van der Waals surface area contributed by atoms with Crippen LogP contribution in [0.2, 0.25) is 10.0 Å². The van der Waals surface area contributed by atoms with E-state index in [1.54, 1.807) is 24.3 Å². The van der Waals surface area contributed by atoms with Crippen LogP contribution in [0, 0.1) is 16.7 Å². The normalized spacial score (nSPS) is 10.9. The highest BCUT2D eigenvalue weighted by atomic mass is 35.5. The summed E-state index contributed by atoms with van der Waals surface area (Å²) in [4.78, 5) is 0. The lowest BCUT2D eigenvalue weighted by Crippen LogP contribution is -2.72. The first-order chi connectivity index (χ1) is 7.56. The lowest BCUT2D eigenvalue weighted by Gasteiger charge is -1.99. The van der Waals surface area contributed by atoms with Crippen molar-refractivity contribution in [3.05, 3.63) is 28.2 Å². The minimum atomic E-state index is -0.401. The summed E-state index contributed by atoms with van der Waals surface area (Å²) in [7, 11) is 0. The van der Waals surface area contributed by atoms with Gasteiger partial charge in [-0.2, -0.15) is 10.7 Å². The van der Waals surface area contributed by atoms with Gasteiger partial charge in [-0.25, -0.2) is 0 Å². The molecule has 5 nitrogen and oxygen atoms in total. The summed E-state index contributed by atoms with van der Waals surface area (Å²) in [5.41, 5.74) is 6.74. The monoisotopic (exact) mass is 256 g/mol. The summed E-state index contributed by atoms with van der Waals surface area (Å²) >= 11 is 11.8. The van der Waals surface area contributed by atoms with Crippen molar-refractivity contribution in [2.45, 2.75) is 0 Å². The molecule has 0 heterocycles.